The predicted octanol–water partition coefficient (Wildman–Crippen LogP) is 1.08. The third kappa shape index (κ3) is 4.12. The first-order valence-corrected chi connectivity index (χ1v) is 6.63. The Hall–Kier alpha value is -1.73. The van der Waals surface area contributed by atoms with Crippen molar-refractivity contribution < 1.29 is 23.4 Å². The Morgan fingerprint density at radius 1 is 1.57 bits per heavy atom. The quantitative estimate of drug-likeness (QED) is 0.854. The van der Waals surface area contributed by atoms with Crippen LogP contribution >= 0.6 is 0 Å². The predicted molar refractivity (Wildman–Crippen MR) is 72.5 cm³/mol. The summed E-state index contributed by atoms with van der Waals surface area (Å²) in [6.45, 7) is -1.62. The Balaban J connectivity index is 2.04. The van der Waals surface area contributed by atoms with Gasteiger partial charge in [-0.3, -0.25) is 4.79 Å². The lowest BCUT2D eigenvalue weighted by Gasteiger charge is -2.28. The number of carbonyl (C=O) groups is 1. The molecule has 1 aromatic rings. The van der Waals surface area contributed by atoms with Crippen molar-refractivity contribution in [3.05, 3.63) is 29.8 Å². The Labute approximate surface area is 121 Å². The van der Waals surface area contributed by atoms with Crippen molar-refractivity contribution in [2.45, 2.75) is 18.6 Å². The molecule has 7 heteroatoms. The molecule has 0 aliphatic carbocycles. The lowest BCUT2D eigenvalue weighted by Crippen LogP contribution is -2.45. The summed E-state index contributed by atoms with van der Waals surface area (Å²) in [5.41, 5.74) is -0.702. The van der Waals surface area contributed by atoms with Gasteiger partial charge in [-0.05, 0) is 31.2 Å². The number of hydrogen-bond acceptors (Lipinski definition) is 4. The fraction of sp³-hybridized carbons (Fsp3) is 0.500. The number of benzene rings is 1. The summed E-state index contributed by atoms with van der Waals surface area (Å²) in [4.78, 5) is 13.6. The van der Waals surface area contributed by atoms with Gasteiger partial charge in [0, 0.05) is 19.2 Å². The summed E-state index contributed by atoms with van der Waals surface area (Å²) in [5.74, 6) is -0.416. The van der Waals surface area contributed by atoms with Gasteiger partial charge in [-0.2, -0.15) is 8.78 Å². The number of rotatable bonds is 5. The summed E-state index contributed by atoms with van der Waals surface area (Å²) in [6.07, 6.45) is 0.569. The molecule has 1 aromatic carbocycles. The molecule has 0 bridgehead atoms. The number of carbonyl (C=O) groups excluding carboxylic acids is 1. The molecular weight excluding hydrogens is 282 g/mol. The second-order valence-electron chi connectivity index (χ2n) is 5.22. The lowest BCUT2D eigenvalue weighted by molar-refractivity contribution is -0.0499. The van der Waals surface area contributed by atoms with Crippen molar-refractivity contribution in [3.63, 3.8) is 0 Å². The lowest BCUT2D eigenvalue weighted by atomic mass is 10.0. The van der Waals surface area contributed by atoms with Crippen LogP contribution < -0.4 is 10.1 Å². The minimum Gasteiger partial charge on any atom is -0.435 e. The van der Waals surface area contributed by atoms with Gasteiger partial charge in [0.1, 0.15) is 5.75 Å². The molecule has 0 radical (unpaired) electrons. The van der Waals surface area contributed by atoms with E-state index in [1.807, 2.05) is 0 Å². The summed E-state index contributed by atoms with van der Waals surface area (Å²) >= 11 is 0. The summed E-state index contributed by atoms with van der Waals surface area (Å²) < 4.78 is 28.6. The van der Waals surface area contributed by atoms with E-state index in [0.29, 0.717) is 19.5 Å². The molecule has 116 valence electrons. The van der Waals surface area contributed by atoms with Gasteiger partial charge in [0.15, 0.2) is 0 Å². The van der Waals surface area contributed by atoms with Crippen molar-refractivity contribution in [1.29, 1.82) is 0 Å². The Morgan fingerprint density at radius 2 is 2.33 bits per heavy atom. The second-order valence-corrected chi connectivity index (χ2v) is 5.22. The van der Waals surface area contributed by atoms with E-state index in [-0.39, 0.29) is 23.8 Å². The van der Waals surface area contributed by atoms with Crippen LogP contribution in [0, 0.1) is 0 Å². The van der Waals surface area contributed by atoms with E-state index >= 15 is 0 Å². The molecule has 1 fully saturated rings. The number of β-amino-alcohol motifs (C(OH)–C–C–N with tert-alkyl or cyclic N) is 1. The Bertz CT molecular complexity index is 505. The first-order valence-electron chi connectivity index (χ1n) is 6.63. The molecule has 2 rings (SSSR count). The smallest absolute Gasteiger partial charge is 0.387 e. The second kappa shape index (κ2) is 6.36. The van der Waals surface area contributed by atoms with E-state index < -0.39 is 12.2 Å². The molecule has 21 heavy (non-hydrogen) atoms. The van der Waals surface area contributed by atoms with Crippen molar-refractivity contribution in [3.8, 4) is 5.75 Å². The highest BCUT2D eigenvalue weighted by atomic mass is 19.3. The van der Waals surface area contributed by atoms with Crippen LogP contribution in [0.2, 0.25) is 0 Å². The Kier molecular flexibility index (Phi) is 4.74. The molecule has 1 aliphatic heterocycles. The van der Waals surface area contributed by atoms with Crippen LogP contribution in [0.1, 0.15) is 16.8 Å². The molecule has 1 unspecified atom stereocenters. The number of nitrogens with zero attached hydrogens (tertiary/aromatic N) is 1. The van der Waals surface area contributed by atoms with Crippen LogP contribution in [-0.2, 0) is 0 Å². The van der Waals surface area contributed by atoms with Gasteiger partial charge in [0.25, 0.3) is 5.91 Å². The average molecular weight is 300 g/mol. The molecule has 2 N–H and O–H groups in total. The van der Waals surface area contributed by atoms with Gasteiger partial charge in [-0.15, -0.1) is 0 Å². The molecule has 1 aliphatic rings. The maximum Gasteiger partial charge on any atom is 0.387 e. The van der Waals surface area contributed by atoms with Crippen LogP contribution in [0.3, 0.4) is 0 Å². The highest BCUT2D eigenvalue weighted by molar-refractivity contribution is 5.94. The molecule has 1 heterocycles. The molecular formula is C14H18F2N2O3. The fourth-order valence-electron chi connectivity index (χ4n) is 2.40. The zero-order valence-electron chi connectivity index (χ0n) is 11.7. The number of amides is 1. The van der Waals surface area contributed by atoms with Gasteiger partial charge in [-0.1, -0.05) is 6.07 Å². The third-order valence-electron chi connectivity index (χ3n) is 3.41. The van der Waals surface area contributed by atoms with Crippen LogP contribution in [-0.4, -0.2) is 54.8 Å². The van der Waals surface area contributed by atoms with Crippen LogP contribution in [0.4, 0.5) is 8.78 Å². The first-order chi connectivity index (χ1) is 9.89. The van der Waals surface area contributed by atoms with E-state index in [4.69, 9.17) is 0 Å². The summed E-state index contributed by atoms with van der Waals surface area (Å²) in [7, 11) is 1.57. The maximum atomic E-state index is 12.3. The number of halogens is 2. The Morgan fingerprint density at radius 3 is 2.95 bits per heavy atom. The van der Waals surface area contributed by atoms with Crippen molar-refractivity contribution in [2.24, 2.45) is 0 Å². The number of ether oxygens (including phenoxy) is 1. The van der Waals surface area contributed by atoms with Gasteiger partial charge in [0.2, 0.25) is 0 Å². The van der Waals surface area contributed by atoms with Crippen molar-refractivity contribution in [1.82, 2.24) is 10.2 Å². The van der Waals surface area contributed by atoms with Gasteiger partial charge in [-0.25, -0.2) is 0 Å². The van der Waals surface area contributed by atoms with Gasteiger partial charge < -0.3 is 20.1 Å². The monoisotopic (exact) mass is 300 g/mol. The van der Waals surface area contributed by atoms with Gasteiger partial charge >= 0.3 is 6.61 Å². The normalized spacial score (nSPS) is 21.6. The zero-order chi connectivity index (χ0) is 15.5. The zero-order valence-corrected chi connectivity index (χ0v) is 11.7. The highest BCUT2D eigenvalue weighted by Gasteiger charge is 2.33. The number of aliphatic hydroxyl groups is 1. The highest BCUT2D eigenvalue weighted by Crippen LogP contribution is 2.19. The number of likely N-dealkylation sites (N-methyl/N-ethyl adjacent to an activating group) is 1. The average Bonchev–Trinajstić information content (AvgIpc) is 2.83. The number of nitrogens with one attached hydrogen (secondary N) is 1. The molecule has 0 aromatic heterocycles. The summed E-state index contributed by atoms with van der Waals surface area (Å²) in [6, 6.07) is 5.62. The molecule has 1 saturated heterocycles. The summed E-state index contributed by atoms with van der Waals surface area (Å²) in [5, 5.41) is 13.3. The van der Waals surface area contributed by atoms with E-state index in [9.17, 15) is 18.7 Å². The standard InChI is InChI=1S/C14H18F2N2O3/c1-18(9-14(20)5-6-17-8-14)12(19)10-3-2-4-11(7-10)21-13(15)16/h2-4,7,13,17,20H,5-6,8-9H2,1H3. The molecule has 0 saturated carbocycles. The minimum absolute atomic E-state index is 0.0644. The van der Waals surface area contributed by atoms with E-state index in [1.54, 1.807) is 7.05 Å². The molecule has 0 spiro atoms. The fourth-order valence-corrected chi connectivity index (χ4v) is 2.40. The minimum atomic E-state index is -2.93. The molecule has 1 amide bonds. The topological polar surface area (TPSA) is 61.8 Å². The number of hydrogen-bond donors (Lipinski definition) is 2. The molecule has 1 atom stereocenters. The maximum absolute atomic E-state index is 12.3. The van der Waals surface area contributed by atoms with Crippen LogP contribution in [0.25, 0.3) is 0 Å². The first kappa shape index (κ1) is 15.7. The van der Waals surface area contributed by atoms with Gasteiger partial charge in [0.05, 0.1) is 12.1 Å². The van der Waals surface area contributed by atoms with E-state index in [1.165, 1.54) is 29.2 Å². The van der Waals surface area contributed by atoms with E-state index in [0.717, 1.165) is 0 Å². The third-order valence-corrected chi connectivity index (χ3v) is 3.41. The van der Waals surface area contributed by atoms with Crippen molar-refractivity contribution in [2.75, 3.05) is 26.7 Å². The van der Waals surface area contributed by atoms with Crippen molar-refractivity contribution >= 4 is 5.91 Å². The van der Waals surface area contributed by atoms with Crippen LogP contribution in [0.15, 0.2) is 24.3 Å². The van der Waals surface area contributed by atoms with Crippen LogP contribution in [0.5, 0.6) is 5.75 Å². The van der Waals surface area contributed by atoms with E-state index in [2.05, 4.69) is 10.1 Å². The molecule has 5 nitrogen and oxygen atoms in total. The largest absolute Gasteiger partial charge is 0.435 e. The number of alkyl halides is 2. The SMILES string of the molecule is CN(CC1(O)CCNC1)C(=O)c1cccc(OC(F)F)c1.